The molecular formula is C17H27NO3. The molecule has 4 nitrogen and oxygen atoms in total. The van der Waals surface area contributed by atoms with E-state index in [0.717, 1.165) is 30.0 Å². The number of methoxy groups -OCH3 is 2. The van der Waals surface area contributed by atoms with E-state index in [2.05, 4.69) is 24.9 Å². The van der Waals surface area contributed by atoms with Crippen molar-refractivity contribution in [1.29, 1.82) is 0 Å². The van der Waals surface area contributed by atoms with Crippen LogP contribution >= 0.6 is 0 Å². The average Bonchev–Trinajstić information content (AvgIpc) is 2.50. The third-order valence-electron chi connectivity index (χ3n) is 3.20. The van der Waals surface area contributed by atoms with Crippen molar-refractivity contribution in [2.24, 2.45) is 0 Å². The summed E-state index contributed by atoms with van der Waals surface area (Å²) in [7, 11) is 3.30. The molecule has 0 aliphatic heterocycles. The first-order valence-corrected chi connectivity index (χ1v) is 7.29. The minimum absolute atomic E-state index is 0.276. The van der Waals surface area contributed by atoms with Crippen molar-refractivity contribution in [3.63, 3.8) is 0 Å². The van der Waals surface area contributed by atoms with Gasteiger partial charge < -0.3 is 19.5 Å². The van der Waals surface area contributed by atoms with Crippen LogP contribution in [-0.2, 0) is 4.74 Å². The van der Waals surface area contributed by atoms with E-state index in [1.807, 2.05) is 19.1 Å². The van der Waals surface area contributed by atoms with Crippen molar-refractivity contribution < 1.29 is 14.2 Å². The van der Waals surface area contributed by atoms with Crippen LogP contribution in [-0.4, -0.2) is 34.0 Å². The van der Waals surface area contributed by atoms with Gasteiger partial charge in [-0.3, -0.25) is 0 Å². The molecule has 1 aromatic rings. The van der Waals surface area contributed by atoms with Gasteiger partial charge in [-0.15, -0.1) is 0 Å². The zero-order valence-corrected chi connectivity index (χ0v) is 13.6. The first-order valence-electron chi connectivity index (χ1n) is 7.29. The van der Waals surface area contributed by atoms with Gasteiger partial charge >= 0.3 is 0 Å². The third-order valence-corrected chi connectivity index (χ3v) is 3.20. The average molecular weight is 293 g/mol. The molecule has 0 fully saturated rings. The normalized spacial score (nSPS) is 12.0. The van der Waals surface area contributed by atoms with E-state index in [9.17, 15) is 0 Å². The highest BCUT2D eigenvalue weighted by Gasteiger charge is 2.12. The lowest BCUT2D eigenvalue weighted by Crippen LogP contribution is -2.25. The van der Waals surface area contributed by atoms with Gasteiger partial charge in [0.1, 0.15) is 0 Å². The van der Waals surface area contributed by atoms with Gasteiger partial charge in [-0.05, 0) is 31.0 Å². The van der Waals surface area contributed by atoms with E-state index < -0.39 is 0 Å². The Morgan fingerprint density at radius 2 is 1.95 bits per heavy atom. The summed E-state index contributed by atoms with van der Waals surface area (Å²) in [4.78, 5) is 0. The Bertz CT molecular complexity index is 446. The first-order chi connectivity index (χ1) is 10.1. The Hall–Kier alpha value is -1.52. The standard InChI is InChI=1S/C17H27NO3/c1-6-15(18-9-10-21-12-13(2)3)14-7-8-16(19-4)17(11-14)20-5/h7-8,11,15,18H,2,6,9-10,12H2,1,3-5H3. The molecule has 1 rings (SSSR count). The number of benzene rings is 1. The van der Waals surface area contributed by atoms with Crippen molar-refractivity contribution in [3.8, 4) is 11.5 Å². The van der Waals surface area contributed by atoms with E-state index in [1.165, 1.54) is 5.56 Å². The molecule has 1 atom stereocenters. The van der Waals surface area contributed by atoms with Crippen molar-refractivity contribution in [1.82, 2.24) is 5.32 Å². The van der Waals surface area contributed by atoms with Crippen LogP contribution in [0.2, 0.25) is 0 Å². The second-order valence-electron chi connectivity index (χ2n) is 5.04. The summed E-state index contributed by atoms with van der Waals surface area (Å²) in [5.41, 5.74) is 2.23. The second-order valence-corrected chi connectivity index (χ2v) is 5.04. The highest BCUT2D eigenvalue weighted by Crippen LogP contribution is 2.30. The Labute approximate surface area is 128 Å². The van der Waals surface area contributed by atoms with Gasteiger partial charge in [-0.25, -0.2) is 0 Å². The molecule has 0 heterocycles. The van der Waals surface area contributed by atoms with Gasteiger partial charge in [-0.1, -0.05) is 25.1 Å². The van der Waals surface area contributed by atoms with E-state index in [1.54, 1.807) is 14.2 Å². The fourth-order valence-electron chi connectivity index (χ4n) is 2.12. The van der Waals surface area contributed by atoms with E-state index in [0.29, 0.717) is 13.2 Å². The summed E-state index contributed by atoms with van der Waals surface area (Å²) >= 11 is 0. The largest absolute Gasteiger partial charge is 0.493 e. The maximum Gasteiger partial charge on any atom is 0.161 e. The topological polar surface area (TPSA) is 39.7 Å². The fourth-order valence-corrected chi connectivity index (χ4v) is 2.12. The minimum atomic E-state index is 0.276. The SMILES string of the molecule is C=C(C)COCCNC(CC)c1ccc(OC)c(OC)c1. The van der Waals surface area contributed by atoms with Crippen LogP contribution in [0.3, 0.4) is 0 Å². The summed E-state index contributed by atoms with van der Waals surface area (Å²) in [6, 6.07) is 6.31. The Morgan fingerprint density at radius 1 is 1.24 bits per heavy atom. The van der Waals surface area contributed by atoms with Crippen LogP contribution < -0.4 is 14.8 Å². The predicted octanol–water partition coefficient (Wildman–Crippen LogP) is 3.34. The lowest BCUT2D eigenvalue weighted by molar-refractivity contribution is 0.155. The molecule has 0 aliphatic carbocycles. The first kappa shape index (κ1) is 17.5. The Kier molecular flexibility index (Phi) is 7.87. The molecule has 0 aliphatic rings. The van der Waals surface area contributed by atoms with Gasteiger partial charge in [0, 0.05) is 12.6 Å². The van der Waals surface area contributed by atoms with E-state index in [4.69, 9.17) is 14.2 Å². The number of hydrogen-bond donors (Lipinski definition) is 1. The zero-order valence-electron chi connectivity index (χ0n) is 13.6. The second kappa shape index (κ2) is 9.42. The molecule has 0 aromatic heterocycles. The Balaban J connectivity index is 2.57. The molecule has 4 heteroatoms. The van der Waals surface area contributed by atoms with Crippen LogP contribution in [0.15, 0.2) is 30.4 Å². The number of nitrogens with one attached hydrogen (secondary N) is 1. The van der Waals surface area contributed by atoms with Crippen molar-refractivity contribution in [2.75, 3.05) is 34.0 Å². The van der Waals surface area contributed by atoms with E-state index in [-0.39, 0.29) is 6.04 Å². The van der Waals surface area contributed by atoms with Crippen LogP contribution in [0.5, 0.6) is 11.5 Å². The summed E-state index contributed by atoms with van der Waals surface area (Å²) in [5, 5.41) is 3.50. The van der Waals surface area contributed by atoms with Gasteiger partial charge in [0.05, 0.1) is 27.4 Å². The van der Waals surface area contributed by atoms with Crippen molar-refractivity contribution in [3.05, 3.63) is 35.9 Å². The predicted molar refractivity (Wildman–Crippen MR) is 86.2 cm³/mol. The molecule has 1 aromatic carbocycles. The van der Waals surface area contributed by atoms with Gasteiger partial charge in [0.25, 0.3) is 0 Å². The molecule has 0 saturated carbocycles. The Morgan fingerprint density at radius 3 is 2.52 bits per heavy atom. The lowest BCUT2D eigenvalue weighted by atomic mass is 10.0. The maximum absolute atomic E-state index is 5.50. The molecule has 1 unspecified atom stereocenters. The monoisotopic (exact) mass is 293 g/mol. The van der Waals surface area contributed by atoms with Crippen molar-refractivity contribution in [2.45, 2.75) is 26.3 Å². The van der Waals surface area contributed by atoms with Crippen molar-refractivity contribution >= 4 is 0 Å². The van der Waals surface area contributed by atoms with Crippen LogP contribution in [0, 0.1) is 0 Å². The van der Waals surface area contributed by atoms with Gasteiger partial charge in [0.15, 0.2) is 11.5 Å². The quantitative estimate of drug-likeness (QED) is 0.530. The number of rotatable bonds is 10. The van der Waals surface area contributed by atoms with Crippen LogP contribution in [0.1, 0.15) is 31.9 Å². The number of ether oxygens (including phenoxy) is 3. The van der Waals surface area contributed by atoms with Gasteiger partial charge in [0.2, 0.25) is 0 Å². The van der Waals surface area contributed by atoms with Crippen LogP contribution in [0.25, 0.3) is 0 Å². The molecule has 1 N–H and O–H groups in total. The molecule has 0 spiro atoms. The summed E-state index contributed by atoms with van der Waals surface area (Å²) in [5.74, 6) is 1.51. The zero-order chi connectivity index (χ0) is 15.7. The van der Waals surface area contributed by atoms with E-state index >= 15 is 0 Å². The highest BCUT2D eigenvalue weighted by atomic mass is 16.5. The molecule has 0 radical (unpaired) electrons. The fraction of sp³-hybridized carbons (Fsp3) is 0.529. The molecule has 118 valence electrons. The minimum Gasteiger partial charge on any atom is -0.493 e. The summed E-state index contributed by atoms with van der Waals surface area (Å²) < 4.78 is 16.1. The van der Waals surface area contributed by atoms with Crippen LogP contribution in [0.4, 0.5) is 0 Å². The molecular weight excluding hydrogens is 266 g/mol. The molecule has 21 heavy (non-hydrogen) atoms. The lowest BCUT2D eigenvalue weighted by Gasteiger charge is -2.19. The number of hydrogen-bond acceptors (Lipinski definition) is 4. The highest BCUT2D eigenvalue weighted by molar-refractivity contribution is 5.43. The third kappa shape index (κ3) is 5.78. The van der Waals surface area contributed by atoms with Gasteiger partial charge in [-0.2, -0.15) is 0 Å². The maximum atomic E-state index is 5.50. The molecule has 0 bridgehead atoms. The molecule has 0 amide bonds. The summed E-state index contributed by atoms with van der Waals surface area (Å²) in [6.07, 6.45) is 0.996. The molecule has 0 saturated heterocycles. The summed E-state index contributed by atoms with van der Waals surface area (Å²) in [6.45, 7) is 10.0. The smallest absolute Gasteiger partial charge is 0.161 e.